The summed E-state index contributed by atoms with van der Waals surface area (Å²) >= 11 is 0. The lowest BCUT2D eigenvalue weighted by atomic mass is 9.89. The minimum atomic E-state index is 0.494. The van der Waals surface area contributed by atoms with E-state index in [-0.39, 0.29) is 0 Å². The Balaban J connectivity index is 2.00. The van der Waals surface area contributed by atoms with Crippen molar-refractivity contribution in [1.82, 2.24) is 5.32 Å². The number of methoxy groups -OCH3 is 1. The summed E-state index contributed by atoms with van der Waals surface area (Å²) in [6, 6.07) is 9.07. The third-order valence-electron chi connectivity index (χ3n) is 4.51. The van der Waals surface area contributed by atoms with Crippen LogP contribution in [0.3, 0.4) is 0 Å². The van der Waals surface area contributed by atoms with Gasteiger partial charge in [0, 0.05) is 6.04 Å². The third kappa shape index (κ3) is 4.52. The quantitative estimate of drug-likeness (QED) is 0.759. The summed E-state index contributed by atoms with van der Waals surface area (Å²) in [6.45, 7) is 3.23. The largest absolute Gasteiger partial charge is 0.497 e. The first-order chi connectivity index (χ1) is 9.83. The van der Waals surface area contributed by atoms with Gasteiger partial charge in [-0.2, -0.15) is 0 Å². The molecule has 1 aliphatic rings. The second-order valence-electron chi connectivity index (χ2n) is 5.98. The van der Waals surface area contributed by atoms with E-state index < -0.39 is 0 Å². The molecular weight excluding hydrogens is 246 g/mol. The second-order valence-corrected chi connectivity index (χ2v) is 5.98. The maximum absolute atomic E-state index is 5.25. The first-order valence-electron chi connectivity index (χ1n) is 8.20. The molecule has 0 aromatic heterocycles. The van der Waals surface area contributed by atoms with Crippen LogP contribution in [-0.4, -0.2) is 13.7 Å². The molecule has 1 fully saturated rings. The van der Waals surface area contributed by atoms with E-state index in [0.29, 0.717) is 6.04 Å². The number of benzene rings is 1. The van der Waals surface area contributed by atoms with Crippen molar-refractivity contribution in [2.45, 2.75) is 57.9 Å². The molecule has 0 saturated heterocycles. The first kappa shape index (κ1) is 15.4. The van der Waals surface area contributed by atoms with E-state index >= 15 is 0 Å². The molecular formula is C18H29NO. The molecule has 1 N–H and O–H groups in total. The van der Waals surface area contributed by atoms with Gasteiger partial charge in [0.2, 0.25) is 0 Å². The van der Waals surface area contributed by atoms with Crippen LogP contribution in [0.5, 0.6) is 5.75 Å². The summed E-state index contributed by atoms with van der Waals surface area (Å²) < 4.78 is 5.25. The van der Waals surface area contributed by atoms with Crippen molar-refractivity contribution >= 4 is 0 Å². The van der Waals surface area contributed by atoms with E-state index in [0.717, 1.165) is 18.2 Å². The molecule has 20 heavy (non-hydrogen) atoms. The molecule has 2 nitrogen and oxygen atoms in total. The number of hydrogen-bond acceptors (Lipinski definition) is 2. The van der Waals surface area contributed by atoms with Gasteiger partial charge in [-0.25, -0.2) is 0 Å². The van der Waals surface area contributed by atoms with Crippen LogP contribution in [0.2, 0.25) is 0 Å². The number of hydrogen-bond donors (Lipinski definition) is 1. The van der Waals surface area contributed by atoms with Crippen LogP contribution >= 0.6 is 0 Å². The van der Waals surface area contributed by atoms with E-state index in [1.54, 1.807) is 7.11 Å². The molecule has 112 valence electrons. The standard InChI is InChI=1S/C18H29NO/c1-3-19-18(14-15-8-6-4-5-7-9-15)16-10-12-17(20-2)13-11-16/h10-13,15,18-19H,3-9,14H2,1-2H3. The average Bonchev–Trinajstić information content (AvgIpc) is 2.76. The Bertz CT molecular complexity index is 366. The summed E-state index contributed by atoms with van der Waals surface area (Å²) in [7, 11) is 1.72. The molecule has 0 spiro atoms. The van der Waals surface area contributed by atoms with Gasteiger partial charge < -0.3 is 10.1 Å². The second kappa shape index (κ2) is 8.31. The summed E-state index contributed by atoms with van der Waals surface area (Å²) in [4.78, 5) is 0. The molecule has 1 aromatic carbocycles. The van der Waals surface area contributed by atoms with Crippen LogP contribution in [-0.2, 0) is 0 Å². The Kier molecular flexibility index (Phi) is 6.38. The summed E-state index contributed by atoms with van der Waals surface area (Å²) in [5.74, 6) is 1.84. The topological polar surface area (TPSA) is 21.3 Å². The van der Waals surface area contributed by atoms with Crippen molar-refractivity contribution in [2.24, 2.45) is 5.92 Å². The van der Waals surface area contributed by atoms with Gasteiger partial charge in [-0.1, -0.05) is 57.6 Å². The zero-order valence-corrected chi connectivity index (χ0v) is 13.0. The highest BCUT2D eigenvalue weighted by Crippen LogP contribution is 2.31. The van der Waals surface area contributed by atoms with Gasteiger partial charge in [-0.05, 0) is 36.6 Å². The smallest absolute Gasteiger partial charge is 0.118 e. The van der Waals surface area contributed by atoms with Gasteiger partial charge >= 0.3 is 0 Å². The van der Waals surface area contributed by atoms with Crippen LogP contribution in [0, 0.1) is 5.92 Å². The minimum absolute atomic E-state index is 0.494. The van der Waals surface area contributed by atoms with Gasteiger partial charge in [-0.3, -0.25) is 0 Å². The highest BCUT2D eigenvalue weighted by atomic mass is 16.5. The first-order valence-corrected chi connectivity index (χ1v) is 8.20. The molecule has 2 rings (SSSR count). The van der Waals surface area contributed by atoms with Crippen LogP contribution in [0.25, 0.3) is 0 Å². The van der Waals surface area contributed by atoms with E-state index in [2.05, 4.69) is 36.5 Å². The van der Waals surface area contributed by atoms with Crippen molar-refractivity contribution in [3.05, 3.63) is 29.8 Å². The molecule has 0 heterocycles. The molecule has 0 amide bonds. The third-order valence-corrected chi connectivity index (χ3v) is 4.51. The highest BCUT2D eigenvalue weighted by Gasteiger charge is 2.18. The Hall–Kier alpha value is -1.02. The van der Waals surface area contributed by atoms with Crippen LogP contribution < -0.4 is 10.1 Å². The Morgan fingerprint density at radius 1 is 1.10 bits per heavy atom. The van der Waals surface area contributed by atoms with Crippen LogP contribution in [0.4, 0.5) is 0 Å². The molecule has 1 atom stereocenters. The Morgan fingerprint density at radius 3 is 2.30 bits per heavy atom. The van der Waals surface area contributed by atoms with Gasteiger partial charge in [0.15, 0.2) is 0 Å². The predicted octanol–water partition coefficient (Wildman–Crippen LogP) is 4.71. The lowest BCUT2D eigenvalue weighted by Gasteiger charge is -2.24. The van der Waals surface area contributed by atoms with Crippen LogP contribution in [0.1, 0.15) is 63.5 Å². The number of ether oxygens (including phenoxy) is 1. The van der Waals surface area contributed by atoms with Crippen molar-refractivity contribution in [3.63, 3.8) is 0 Å². The zero-order chi connectivity index (χ0) is 14.2. The molecule has 0 aliphatic heterocycles. The fraction of sp³-hybridized carbons (Fsp3) is 0.667. The Morgan fingerprint density at radius 2 is 1.75 bits per heavy atom. The number of rotatable bonds is 6. The molecule has 1 aromatic rings. The fourth-order valence-corrected chi connectivity index (χ4v) is 3.35. The van der Waals surface area contributed by atoms with Crippen molar-refractivity contribution in [1.29, 1.82) is 0 Å². The lowest BCUT2D eigenvalue weighted by Crippen LogP contribution is -2.23. The molecule has 1 unspecified atom stereocenters. The lowest BCUT2D eigenvalue weighted by molar-refractivity contribution is 0.359. The summed E-state index contributed by atoms with van der Waals surface area (Å²) in [5, 5.41) is 3.66. The summed E-state index contributed by atoms with van der Waals surface area (Å²) in [5.41, 5.74) is 1.40. The van der Waals surface area contributed by atoms with Gasteiger partial charge in [0.1, 0.15) is 5.75 Å². The van der Waals surface area contributed by atoms with Gasteiger partial charge in [0.25, 0.3) is 0 Å². The van der Waals surface area contributed by atoms with Gasteiger partial charge in [0.05, 0.1) is 7.11 Å². The summed E-state index contributed by atoms with van der Waals surface area (Å²) in [6.07, 6.45) is 9.82. The number of nitrogens with one attached hydrogen (secondary N) is 1. The minimum Gasteiger partial charge on any atom is -0.497 e. The van der Waals surface area contributed by atoms with Crippen molar-refractivity contribution in [3.8, 4) is 5.75 Å². The van der Waals surface area contributed by atoms with E-state index in [9.17, 15) is 0 Å². The molecule has 2 heteroatoms. The van der Waals surface area contributed by atoms with E-state index in [4.69, 9.17) is 4.74 Å². The maximum Gasteiger partial charge on any atom is 0.118 e. The monoisotopic (exact) mass is 275 g/mol. The Labute approximate surface area is 123 Å². The normalized spacial score (nSPS) is 18.5. The fourth-order valence-electron chi connectivity index (χ4n) is 3.35. The predicted molar refractivity (Wildman–Crippen MR) is 85.2 cm³/mol. The van der Waals surface area contributed by atoms with Crippen molar-refractivity contribution < 1.29 is 4.74 Å². The molecule has 0 radical (unpaired) electrons. The highest BCUT2D eigenvalue weighted by molar-refractivity contribution is 5.29. The molecule has 0 bridgehead atoms. The zero-order valence-electron chi connectivity index (χ0n) is 13.0. The SMILES string of the molecule is CCNC(CC1CCCCCC1)c1ccc(OC)cc1. The molecule has 1 saturated carbocycles. The maximum atomic E-state index is 5.25. The van der Waals surface area contributed by atoms with E-state index in [1.165, 1.54) is 50.5 Å². The van der Waals surface area contributed by atoms with Crippen molar-refractivity contribution in [2.75, 3.05) is 13.7 Å². The van der Waals surface area contributed by atoms with E-state index in [1.807, 2.05) is 0 Å². The molecule has 1 aliphatic carbocycles. The average molecular weight is 275 g/mol. The van der Waals surface area contributed by atoms with Gasteiger partial charge in [-0.15, -0.1) is 0 Å². The van der Waals surface area contributed by atoms with Crippen LogP contribution in [0.15, 0.2) is 24.3 Å².